The van der Waals surface area contributed by atoms with Crippen molar-refractivity contribution in [3.63, 3.8) is 0 Å². The highest BCUT2D eigenvalue weighted by Gasteiger charge is 2.34. The molecule has 1 amide bonds. The number of nitrogens with zero attached hydrogens (tertiary/aromatic N) is 2. The normalized spacial score (nSPS) is 18.6. The van der Waals surface area contributed by atoms with Gasteiger partial charge in [0.25, 0.3) is 0 Å². The molecule has 0 atom stereocenters. The van der Waals surface area contributed by atoms with Crippen molar-refractivity contribution in [2.45, 2.75) is 33.2 Å². The number of carbonyl (C=O) groups excluding carboxylic acids is 1. The molecule has 1 aromatic rings. The summed E-state index contributed by atoms with van der Waals surface area (Å²) in [4.78, 5) is 12.2. The van der Waals surface area contributed by atoms with Crippen LogP contribution in [0.2, 0.25) is 0 Å². The minimum Gasteiger partial charge on any atom is -0.351 e. The SMILES string of the molecule is Cc1c(CNC(=O)C2(C)CCNCC2)cnn1C. The molecule has 0 aliphatic carbocycles. The highest BCUT2D eigenvalue weighted by molar-refractivity contribution is 5.82. The second kappa shape index (κ2) is 5.10. The van der Waals surface area contributed by atoms with Crippen LogP contribution in [0.25, 0.3) is 0 Å². The predicted octanol–water partition coefficient (Wildman–Crippen LogP) is 0.734. The number of aromatic nitrogens is 2. The lowest BCUT2D eigenvalue weighted by Gasteiger charge is -2.32. The zero-order valence-electron chi connectivity index (χ0n) is 11.4. The quantitative estimate of drug-likeness (QED) is 0.831. The third-order valence-corrected chi connectivity index (χ3v) is 4.03. The lowest BCUT2D eigenvalue weighted by atomic mass is 9.80. The van der Waals surface area contributed by atoms with Gasteiger partial charge in [-0.2, -0.15) is 5.10 Å². The Bertz CT molecular complexity index is 432. The van der Waals surface area contributed by atoms with Gasteiger partial charge in [0.1, 0.15) is 0 Å². The second-order valence-corrected chi connectivity index (χ2v) is 5.37. The maximum atomic E-state index is 12.2. The van der Waals surface area contributed by atoms with Crippen LogP contribution in [0.3, 0.4) is 0 Å². The van der Waals surface area contributed by atoms with E-state index in [9.17, 15) is 4.79 Å². The third-order valence-electron chi connectivity index (χ3n) is 4.03. The van der Waals surface area contributed by atoms with Crippen LogP contribution in [0.5, 0.6) is 0 Å². The summed E-state index contributed by atoms with van der Waals surface area (Å²) >= 11 is 0. The van der Waals surface area contributed by atoms with Gasteiger partial charge in [-0.25, -0.2) is 0 Å². The molecule has 1 saturated heterocycles. The fourth-order valence-corrected chi connectivity index (χ4v) is 2.31. The molecule has 0 unspecified atom stereocenters. The van der Waals surface area contributed by atoms with Crippen LogP contribution in [0.4, 0.5) is 0 Å². The van der Waals surface area contributed by atoms with E-state index in [4.69, 9.17) is 0 Å². The van der Waals surface area contributed by atoms with Crippen molar-refractivity contribution in [2.75, 3.05) is 13.1 Å². The van der Waals surface area contributed by atoms with Crippen LogP contribution in [0, 0.1) is 12.3 Å². The Morgan fingerprint density at radius 3 is 2.78 bits per heavy atom. The molecule has 1 aliphatic heterocycles. The molecule has 1 fully saturated rings. The van der Waals surface area contributed by atoms with Gasteiger partial charge in [0.15, 0.2) is 0 Å². The van der Waals surface area contributed by atoms with E-state index in [2.05, 4.69) is 22.7 Å². The molecule has 1 aromatic heterocycles. The molecule has 0 saturated carbocycles. The predicted molar refractivity (Wildman–Crippen MR) is 70.0 cm³/mol. The summed E-state index contributed by atoms with van der Waals surface area (Å²) in [6.07, 6.45) is 3.64. The molecule has 0 radical (unpaired) electrons. The van der Waals surface area contributed by atoms with E-state index in [1.54, 1.807) is 0 Å². The van der Waals surface area contributed by atoms with Gasteiger partial charge in [-0.15, -0.1) is 0 Å². The second-order valence-electron chi connectivity index (χ2n) is 5.37. The molecule has 0 spiro atoms. The Labute approximate surface area is 108 Å². The largest absolute Gasteiger partial charge is 0.351 e. The van der Waals surface area contributed by atoms with Gasteiger partial charge in [-0.3, -0.25) is 9.48 Å². The fraction of sp³-hybridized carbons (Fsp3) is 0.692. The van der Waals surface area contributed by atoms with E-state index in [-0.39, 0.29) is 11.3 Å². The van der Waals surface area contributed by atoms with Crippen molar-refractivity contribution >= 4 is 5.91 Å². The monoisotopic (exact) mass is 250 g/mol. The van der Waals surface area contributed by atoms with Gasteiger partial charge < -0.3 is 10.6 Å². The minimum atomic E-state index is -0.221. The number of nitrogens with one attached hydrogen (secondary N) is 2. The Morgan fingerprint density at radius 1 is 1.56 bits per heavy atom. The summed E-state index contributed by atoms with van der Waals surface area (Å²) in [6, 6.07) is 0. The van der Waals surface area contributed by atoms with Crippen molar-refractivity contribution in [2.24, 2.45) is 12.5 Å². The van der Waals surface area contributed by atoms with Gasteiger partial charge in [-0.05, 0) is 32.9 Å². The van der Waals surface area contributed by atoms with Gasteiger partial charge in [-0.1, -0.05) is 6.92 Å². The number of rotatable bonds is 3. The molecule has 100 valence electrons. The maximum absolute atomic E-state index is 12.2. The van der Waals surface area contributed by atoms with Crippen molar-refractivity contribution in [3.05, 3.63) is 17.5 Å². The summed E-state index contributed by atoms with van der Waals surface area (Å²) in [5.74, 6) is 0.159. The molecule has 5 nitrogen and oxygen atoms in total. The first-order valence-electron chi connectivity index (χ1n) is 6.49. The van der Waals surface area contributed by atoms with Gasteiger partial charge in [0.2, 0.25) is 5.91 Å². The zero-order valence-corrected chi connectivity index (χ0v) is 11.4. The number of amides is 1. The summed E-state index contributed by atoms with van der Waals surface area (Å²) < 4.78 is 1.83. The summed E-state index contributed by atoms with van der Waals surface area (Å²) in [6.45, 7) is 6.49. The number of carbonyl (C=O) groups is 1. The number of hydrogen-bond acceptors (Lipinski definition) is 3. The molecule has 2 rings (SSSR count). The summed E-state index contributed by atoms with van der Waals surface area (Å²) in [5.41, 5.74) is 1.97. The number of aryl methyl sites for hydroxylation is 1. The third kappa shape index (κ3) is 2.56. The Hall–Kier alpha value is -1.36. The van der Waals surface area contributed by atoms with Gasteiger partial charge >= 0.3 is 0 Å². The van der Waals surface area contributed by atoms with Crippen molar-refractivity contribution in [3.8, 4) is 0 Å². The molecular weight excluding hydrogens is 228 g/mol. The Morgan fingerprint density at radius 2 is 2.22 bits per heavy atom. The zero-order chi connectivity index (χ0) is 13.2. The van der Waals surface area contributed by atoms with Crippen molar-refractivity contribution in [1.82, 2.24) is 20.4 Å². The van der Waals surface area contributed by atoms with Crippen LogP contribution in [0.15, 0.2) is 6.20 Å². The lowest BCUT2D eigenvalue weighted by Crippen LogP contribution is -2.45. The summed E-state index contributed by atoms with van der Waals surface area (Å²) in [7, 11) is 1.91. The standard InChI is InChI=1S/C13H22N4O/c1-10-11(9-16-17(10)3)8-15-12(18)13(2)4-6-14-7-5-13/h9,14H,4-8H2,1-3H3,(H,15,18). The van der Waals surface area contributed by atoms with Gasteiger partial charge in [0, 0.05) is 30.3 Å². The topological polar surface area (TPSA) is 59.0 Å². The fourth-order valence-electron chi connectivity index (χ4n) is 2.31. The average molecular weight is 250 g/mol. The number of hydrogen-bond donors (Lipinski definition) is 2. The molecule has 2 heterocycles. The smallest absolute Gasteiger partial charge is 0.226 e. The average Bonchev–Trinajstić information content (AvgIpc) is 2.68. The van der Waals surface area contributed by atoms with Crippen molar-refractivity contribution < 1.29 is 4.79 Å². The van der Waals surface area contributed by atoms with E-state index in [1.807, 2.05) is 24.9 Å². The first kappa shape index (κ1) is 13.1. The van der Waals surface area contributed by atoms with Gasteiger partial charge in [0.05, 0.1) is 6.20 Å². The van der Waals surface area contributed by atoms with Crippen LogP contribution in [-0.4, -0.2) is 28.8 Å². The number of piperidine rings is 1. The first-order valence-corrected chi connectivity index (χ1v) is 6.49. The van der Waals surface area contributed by atoms with Crippen LogP contribution < -0.4 is 10.6 Å². The molecule has 0 bridgehead atoms. The molecular formula is C13H22N4O. The van der Waals surface area contributed by atoms with Crippen LogP contribution in [-0.2, 0) is 18.4 Å². The van der Waals surface area contributed by atoms with E-state index < -0.39 is 0 Å². The van der Waals surface area contributed by atoms with Crippen LogP contribution >= 0.6 is 0 Å². The van der Waals surface area contributed by atoms with E-state index in [1.165, 1.54) is 0 Å². The van der Waals surface area contributed by atoms with Crippen LogP contribution in [0.1, 0.15) is 31.0 Å². The highest BCUT2D eigenvalue weighted by atomic mass is 16.2. The molecule has 0 aromatic carbocycles. The summed E-state index contributed by atoms with van der Waals surface area (Å²) in [5, 5.41) is 10.5. The minimum absolute atomic E-state index is 0.159. The molecule has 18 heavy (non-hydrogen) atoms. The maximum Gasteiger partial charge on any atom is 0.226 e. The first-order chi connectivity index (χ1) is 8.53. The van der Waals surface area contributed by atoms with E-state index in [0.717, 1.165) is 37.2 Å². The highest BCUT2D eigenvalue weighted by Crippen LogP contribution is 2.28. The van der Waals surface area contributed by atoms with Crippen molar-refractivity contribution in [1.29, 1.82) is 0 Å². The molecule has 1 aliphatic rings. The Kier molecular flexibility index (Phi) is 3.71. The lowest BCUT2D eigenvalue weighted by molar-refractivity contribution is -0.131. The Balaban J connectivity index is 1.93. The van der Waals surface area contributed by atoms with E-state index >= 15 is 0 Å². The molecule has 2 N–H and O–H groups in total. The van der Waals surface area contributed by atoms with E-state index in [0.29, 0.717) is 6.54 Å². The molecule has 5 heteroatoms.